The summed E-state index contributed by atoms with van der Waals surface area (Å²) < 4.78 is 15.8. The SMILES string of the molecule is CCCn1cccc1CNCc1cc(C)c(F)c(C)c1. The largest absolute Gasteiger partial charge is 0.350 e. The summed E-state index contributed by atoms with van der Waals surface area (Å²) in [7, 11) is 0. The molecule has 1 aromatic heterocycles. The topological polar surface area (TPSA) is 17.0 Å². The Hall–Kier alpha value is -1.61. The summed E-state index contributed by atoms with van der Waals surface area (Å²) in [4.78, 5) is 0. The molecule has 1 N–H and O–H groups in total. The summed E-state index contributed by atoms with van der Waals surface area (Å²) in [5.74, 6) is -0.0921. The van der Waals surface area contributed by atoms with Gasteiger partial charge in [-0.25, -0.2) is 4.39 Å². The summed E-state index contributed by atoms with van der Waals surface area (Å²) >= 11 is 0. The van der Waals surface area contributed by atoms with Crippen molar-refractivity contribution in [3.8, 4) is 0 Å². The summed E-state index contributed by atoms with van der Waals surface area (Å²) in [6, 6.07) is 8.06. The van der Waals surface area contributed by atoms with Crippen LogP contribution in [0.3, 0.4) is 0 Å². The monoisotopic (exact) mass is 274 g/mol. The van der Waals surface area contributed by atoms with Crippen LogP contribution in [-0.4, -0.2) is 4.57 Å². The number of hydrogen-bond acceptors (Lipinski definition) is 1. The van der Waals surface area contributed by atoms with Crippen molar-refractivity contribution >= 4 is 0 Å². The molecule has 0 amide bonds. The molecule has 1 heterocycles. The summed E-state index contributed by atoms with van der Waals surface area (Å²) in [6.45, 7) is 8.47. The van der Waals surface area contributed by atoms with Gasteiger partial charge in [0.15, 0.2) is 0 Å². The number of benzene rings is 1. The zero-order chi connectivity index (χ0) is 14.5. The van der Waals surface area contributed by atoms with Crippen LogP contribution in [-0.2, 0) is 19.6 Å². The first-order valence-corrected chi connectivity index (χ1v) is 7.22. The molecule has 0 spiro atoms. The lowest BCUT2D eigenvalue weighted by Crippen LogP contribution is -2.16. The lowest BCUT2D eigenvalue weighted by Gasteiger charge is -2.11. The maximum absolute atomic E-state index is 13.6. The highest BCUT2D eigenvalue weighted by Crippen LogP contribution is 2.14. The van der Waals surface area contributed by atoms with Gasteiger partial charge < -0.3 is 9.88 Å². The summed E-state index contributed by atoms with van der Waals surface area (Å²) in [5.41, 5.74) is 3.87. The first-order chi connectivity index (χ1) is 9.61. The highest BCUT2D eigenvalue weighted by atomic mass is 19.1. The van der Waals surface area contributed by atoms with Crippen molar-refractivity contribution in [1.29, 1.82) is 0 Å². The Balaban J connectivity index is 1.94. The van der Waals surface area contributed by atoms with Crippen molar-refractivity contribution in [1.82, 2.24) is 9.88 Å². The number of nitrogens with zero attached hydrogens (tertiary/aromatic N) is 1. The average molecular weight is 274 g/mol. The third kappa shape index (κ3) is 3.48. The molecular formula is C17H23FN2. The molecule has 2 aromatic rings. The van der Waals surface area contributed by atoms with E-state index in [1.54, 1.807) is 0 Å². The number of hydrogen-bond donors (Lipinski definition) is 1. The molecule has 1 aromatic carbocycles. The van der Waals surface area contributed by atoms with E-state index in [1.165, 1.54) is 5.69 Å². The normalized spacial score (nSPS) is 11.0. The number of rotatable bonds is 6. The minimum absolute atomic E-state index is 0.0921. The van der Waals surface area contributed by atoms with E-state index in [0.717, 1.165) is 42.7 Å². The van der Waals surface area contributed by atoms with Gasteiger partial charge in [-0.05, 0) is 49.1 Å². The van der Waals surface area contributed by atoms with Crippen LogP contribution < -0.4 is 5.32 Å². The third-order valence-corrected chi connectivity index (χ3v) is 3.52. The second-order valence-electron chi connectivity index (χ2n) is 5.34. The van der Waals surface area contributed by atoms with E-state index in [0.29, 0.717) is 0 Å². The second kappa shape index (κ2) is 6.71. The van der Waals surface area contributed by atoms with Crippen molar-refractivity contribution in [3.05, 3.63) is 58.7 Å². The van der Waals surface area contributed by atoms with Gasteiger partial charge in [0.1, 0.15) is 5.82 Å². The van der Waals surface area contributed by atoms with E-state index in [-0.39, 0.29) is 5.82 Å². The van der Waals surface area contributed by atoms with Crippen LogP contribution in [0.15, 0.2) is 30.5 Å². The molecule has 0 radical (unpaired) electrons. The quantitative estimate of drug-likeness (QED) is 0.844. The van der Waals surface area contributed by atoms with E-state index in [2.05, 4.69) is 35.1 Å². The van der Waals surface area contributed by atoms with Crippen molar-refractivity contribution in [2.45, 2.75) is 46.8 Å². The Morgan fingerprint density at radius 1 is 1.15 bits per heavy atom. The highest BCUT2D eigenvalue weighted by Gasteiger charge is 2.05. The zero-order valence-corrected chi connectivity index (χ0v) is 12.5. The predicted molar refractivity (Wildman–Crippen MR) is 81.1 cm³/mol. The molecule has 2 nitrogen and oxygen atoms in total. The number of nitrogens with one attached hydrogen (secondary N) is 1. The van der Waals surface area contributed by atoms with Gasteiger partial charge in [0, 0.05) is 31.5 Å². The van der Waals surface area contributed by atoms with Gasteiger partial charge in [-0.1, -0.05) is 19.1 Å². The van der Waals surface area contributed by atoms with Crippen molar-refractivity contribution in [2.24, 2.45) is 0 Å². The van der Waals surface area contributed by atoms with E-state index >= 15 is 0 Å². The van der Waals surface area contributed by atoms with Crippen LogP contribution in [0.2, 0.25) is 0 Å². The van der Waals surface area contributed by atoms with E-state index in [1.807, 2.05) is 26.0 Å². The summed E-state index contributed by atoms with van der Waals surface area (Å²) in [6.07, 6.45) is 3.25. The molecule has 0 saturated carbocycles. The standard InChI is InChI=1S/C17H23FN2/c1-4-7-20-8-5-6-16(20)12-19-11-15-9-13(2)17(18)14(3)10-15/h5-6,8-10,19H,4,7,11-12H2,1-3H3. The van der Waals surface area contributed by atoms with E-state index in [4.69, 9.17) is 0 Å². The van der Waals surface area contributed by atoms with Crippen LogP contribution in [0.1, 0.15) is 35.7 Å². The first kappa shape index (κ1) is 14.8. The maximum Gasteiger partial charge on any atom is 0.129 e. The molecule has 0 aliphatic carbocycles. The molecule has 3 heteroatoms. The van der Waals surface area contributed by atoms with E-state index in [9.17, 15) is 4.39 Å². The van der Waals surface area contributed by atoms with Crippen molar-refractivity contribution in [3.63, 3.8) is 0 Å². The average Bonchev–Trinajstić information content (AvgIpc) is 2.84. The van der Waals surface area contributed by atoms with Gasteiger partial charge in [-0.2, -0.15) is 0 Å². The molecule has 0 bridgehead atoms. The molecule has 2 rings (SSSR count). The molecule has 0 aliphatic rings. The molecule has 0 atom stereocenters. The van der Waals surface area contributed by atoms with Crippen molar-refractivity contribution < 1.29 is 4.39 Å². The minimum atomic E-state index is -0.0921. The smallest absolute Gasteiger partial charge is 0.129 e. The summed E-state index contributed by atoms with van der Waals surface area (Å²) in [5, 5.41) is 3.43. The lowest BCUT2D eigenvalue weighted by molar-refractivity contribution is 0.595. The number of halogens is 1. The fourth-order valence-corrected chi connectivity index (χ4v) is 2.54. The Labute approximate surface area is 120 Å². The van der Waals surface area contributed by atoms with Gasteiger partial charge in [0.2, 0.25) is 0 Å². The van der Waals surface area contributed by atoms with Crippen LogP contribution in [0.4, 0.5) is 4.39 Å². The zero-order valence-electron chi connectivity index (χ0n) is 12.5. The number of aryl methyl sites for hydroxylation is 3. The fourth-order valence-electron chi connectivity index (χ4n) is 2.54. The Morgan fingerprint density at radius 2 is 1.85 bits per heavy atom. The van der Waals surface area contributed by atoms with Gasteiger partial charge >= 0.3 is 0 Å². The highest BCUT2D eigenvalue weighted by molar-refractivity contribution is 5.30. The fraction of sp³-hybridized carbons (Fsp3) is 0.412. The molecule has 0 aliphatic heterocycles. The van der Waals surface area contributed by atoms with E-state index < -0.39 is 0 Å². The third-order valence-electron chi connectivity index (χ3n) is 3.52. The first-order valence-electron chi connectivity index (χ1n) is 7.22. The van der Waals surface area contributed by atoms with Crippen LogP contribution in [0.5, 0.6) is 0 Å². The Bertz CT molecular complexity index is 549. The van der Waals surface area contributed by atoms with Crippen molar-refractivity contribution in [2.75, 3.05) is 0 Å². The molecular weight excluding hydrogens is 251 g/mol. The molecule has 20 heavy (non-hydrogen) atoms. The van der Waals surface area contributed by atoms with Gasteiger partial charge in [0.05, 0.1) is 0 Å². The lowest BCUT2D eigenvalue weighted by atomic mass is 10.1. The second-order valence-corrected chi connectivity index (χ2v) is 5.34. The van der Waals surface area contributed by atoms with Crippen LogP contribution >= 0.6 is 0 Å². The Morgan fingerprint density at radius 3 is 2.50 bits per heavy atom. The van der Waals surface area contributed by atoms with Gasteiger partial charge in [-0.3, -0.25) is 0 Å². The predicted octanol–water partition coefficient (Wildman–Crippen LogP) is 3.94. The molecule has 108 valence electrons. The molecule has 0 unspecified atom stereocenters. The molecule has 0 fully saturated rings. The number of aromatic nitrogens is 1. The van der Waals surface area contributed by atoms with Gasteiger partial charge in [-0.15, -0.1) is 0 Å². The maximum atomic E-state index is 13.6. The molecule has 0 saturated heterocycles. The Kier molecular flexibility index (Phi) is 4.96. The van der Waals surface area contributed by atoms with Crippen LogP contribution in [0, 0.1) is 19.7 Å². The van der Waals surface area contributed by atoms with Gasteiger partial charge in [0.25, 0.3) is 0 Å². The van der Waals surface area contributed by atoms with Crippen LogP contribution in [0.25, 0.3) is 0 Å². The minimum Gasteiger partial charge on any atom is -0.350 e.